The number of aryl methyl sites for hydroxylation is 1. The van der Waals surface area contributed by atoms with E-state index in [2.05, 4.69) is 0 Å². The second-order valence-electron chi connectivity index (χ2n) is 3.27. The third kappa shape index (κ3) is 2.64. The second kappa shape index (κ2) is 4.86. The van der Waals surface area contributed by atoms with Crippen LogP contribution in [0.3, 0.4) is 0 Å². The molecule has 0 aliphatic carbocycles. The van der Waals surface area contributed by atoms with Crippen molar-refractivity contribution in [2.45, 2.75) is 6.92 Å². The van der Waals surface area contributed by atoms with Crippen LogP contribution in [-0.2, 0) is 0 Å². The molecule has 4 heteroatoms. The van der Waals surface area contributed by atoms with Gasteiger partial charge in [-0.3, -0.25) is 4.79 Å². The Balaban J connectivity index is 0.00000169. The summed E-state index contributed by atoms with van der Waals surface area (Å²) in [5, 5.41) is 0. The van der Waals surface area contributed by atoms with Gasteiger partial charge in [0.05, 0.1) is 0 Å². The van der Waals surface area contributed by atoms with Gasteiger partial charge in [0.2, 0.25) is 0 Å². The van der Waals surface area contributed by atoms with E-state index in [0.29, 0.717) is 5.56 Å². The minimum Gasteiger partial charge on any atom is -0.399 e. The van der Waals surface area contributed by atoms with Crippen LogP contribution in [0.4, 0.5) is 5.69 Å². The molecule has 0 atom stereocenters. The van der Waals surface area contributed by atoms with Crippen molar-refractivity contribution >= 4 is 24.0 Å². The molecular formula is C10H15ClN2O. The first kappa shape index (κ1) is 12.8. The summed E-state index contributed by atoms with van der Waals surface area (Å²) in [5.74, 6) is 0.00287. The number of carbonyl (C=O) groups excluding carboxylic acids is 1. The molecule has 0 saturated carbocycles. The van der Waals surface area contributed by atoms with Crippen LogP contribution in [0.15, 0.2) is 18.2 Å². The number of nitrogens with zero attached hydrogens (tertiary/aromatic N) is 1. The average Bonchev–Trinajstić information content (AvgIpc) is 2.08. The summed E-state index contributed by atoms with van der Waals surface area (Å²) in [4.78, 5) is 13.0. The van der Waals surface area contributed by atoms with Gasteiger partial charge in [-0.25, -0.2) is 0 Å². The van der Waals surface area contributed by atoms with Crippen molar-refractivity contribution < 1.29 is 4.79 Å². The van der Waals surface area contributed by atoms with Crippen LogP contribution in [0, 0.1) is 6.92 Å². The number of anilines is 1. The zero-order chi connectivity index (χ0) is 10.0. The fraction of sp³-hybridized carbons (Fsp3) is 0.300. The largest absolute Gasteiger partial charge is 0.399 e. The Kier molecular flexibility index (Phi) is 4.44. The summed E-state index contributed by atoms with van der Waals surface area (Å²) in [7, 11) is 3.46. The minimum atomic E-state index is 0. The van der Waals surface area contributed by atoms with Gasteiger partial charge in [-0.05, 0) is 30.7 Å². The molecule has 0 radical (unpaired) electrons. The third-order valence-corrected chi connectivity index (χ3v) is 1.92. The molecular weight excluding hydrogens is 200 g/mol. The molecule has 0 unspecified atom stereocenters. The van der Waals surface area contributed by atoms with Crippen LogP contribution >= 0.6 is 12.4 Å². The highest BCUT2D eigenvalue weighted by molar-refractivity contribution is 5.94. The maximum atomic E-state index is 11.5. The number of nitrogens with two attached hydrogens (primary N) is 1. The van der Waals surface area contributed by atoms with E-state index in [4.69, 9.17) is 5.73 Å². The predicted octanol–water partition coefficient (Wildman–Crippen LogP) is 1.70. The van der Waals surface area contributed by atoms with Crippen LogP contribution in [0.25, 0.3) is 0 Å². The van der Waals surface area contributed by atoms with Gasteiger partial charge in [0.15, 0.2) is 0 Å². The predicted molar refractivity (Wildman–Crippen MR) is 60.9 cm³/mol. The molecule has 14 heavy (non-hydrogen) atoms. The molecule has 1 amide bonds. The number of amides is 1. The Morgan fingerprint density at radius 3 is 2.36 bits per heavy atom. The summed E-state index contributed by atoms with van der Waals surface area (Å²) >= 11 is 0. The number of benzene rings is 1. The molecule has 0 aliphatic rings. The number of hydrogen-bond acceptors (Lipinski definition) is 2. The van der Waals surface area contributed by atoms with Crippen LogP contribution in [0.5, 0.6) is 0 Å². The van der Waals surface area contributed by atoms with Gasteiger partial charge in [0, 0.05) is 25.3 Å². The molecule has 2 N–H and O–H groups in total. The fourth-order valence-electron chi connectivity index (χ4n) is 1.07. The van der Waals surface area contributed by atoms with Crippen molar-refractivity contribution in [1.29, 1.82) is 0 Å². The lowest BCUT2D eigenvalue weighted by atomic mass is 10.1. The Morgan fingerprint density at radius 1 is 1.36 bits per heavy atom. The Labute approximate surface area is 90.3 Å². The lowest BCUT2D eigenvalue weighted by molar-refractivity contribution is 0.0827. The normalized spacial score (nSPS) is 9.07. The summed E-state index contributed by atoms with van der Waals surface area (Å²) in [5.41, 5.74) is 7.97. The molecule has 0 fully saturated rings. The monoisotopic (exact) mass is 214 g/mol. The van der Waals surface area contributed by atoms with E-state index < -0.39 is 0 Å². The second-order valence-corrected chi connectivity index (χ2v) is 3.27. The first-order valence-electron chi connectivity index (χ1n) is 4.10. The standard InChI is InChI=1S/C10H14N2O.ClH/c1-7-6-8(4-5-9(7)11)10(13)12(2)3;/h4-6H,11H2,1-3H3;1H. The van der Waals surface area contributed by atoms with Crippen LogP contribution < -0.4 is 5.73 Å². The van der Waals surface area contributed by atoms with Gasteiger partial charge in [-0.1, -0.05) is 0 Å². The van der Waals surface area contributed by atoms with E-state index in [1.807, 2.05) is 6.92 Å². The molecule has 1 aromatic carbocycles. The van der Waals surface area contributed by atoms with Crippen molar-refractivity contribution in [3.05, 3.63) is 29.3 Å². The number of hydrogen-bond donors (Lipinski definition) is 1. The first-order chi connectivity index (χ1) is 6.02. The van der Waals surface area contributed by atoms with Gasteiger partial charge in [-0.15, -0.1) is 12.4 Å². The lowest BCUT2D eigenvalue weighted by Gasteiger charge is -2.11. The van der Waals surface area contributed by atoms with Crippen molar-refractivity contribution in [3.8, 4) is 0 Å². The SMILES string of the molecule is Cc1cc(C(=O)N(C)C)ccc1N.Cl. The topological polar surface area (TPSA) is 46.3 Å². The van der Waals surface area contributed by atoms with Crippen molar-refractivity contribution in [2.75, 3.05) is 19.8 Å². The first-order valence-corrected chi connectivity index (χ1v) is 4.10. The van der Waals surface area contributed by atoms with Gasteiger partial charge in [-0.2, -0.15) is 0 Å². The van der Waals surface area contributed by atoms with E-state index in [1.165, 1.54) is 0 Å². The van der Waals surface area contributed by atoms with E-state index >= 15 is 0 Å². The summed E-state index contributed by atoms with van der Waals surface area (Å²) in [6.45, 7) is 1.89. The summed E-state index contributed by atoms with van der Waals surface area (Å²) < 4.78 is 0. The van der Waals surface area contributed by atoms with Gasteiger partial charge in [0.1, 0.15) is 0 Å². The highest BCUT2D eigenvalue weighted by atomic mass is 35.5. The molecule has 0 spiro atoms. The maximum Gasteiger partial charge on any atom is 0.253 e. The van der Waals surface area contributed by atoms with Gasteiger partial charge < -0.3 is 10.6 Å². The molecule has 0 heterocycles. The van der Waals surface area contributed by atoms with E-state index in [9.17, 15) is 4.79 Å². The third-order valence-electron chi connectivity index (χ3n) is 1.92. The smallest absolute Gasteiger partial charge is 0.253 e. The molecule has 0 aliphatic heterocycles. The Morgan fingerprint density at radius 2 is 1.93 bits per heavy atom. The number of halogens is 1. The zero-order valence-corrected chi connectivity index (χ0v) is 9.39. The van der Waals surface area contributed by atoms with E-state index in [-0.39, 0.29) is 18.3 Å². The summed E-state index contributed by atoms with van der Waals surface area (Å²) in [6, 6.07) is 5.30. The maximum absolute atomic E-state index is 11.5. The lowest BCUT2D eigenvalue weighted by Crippen LogP contribution is -2.21. The molecule has 1 rings (SSSR count). The Bertz CT molecular complexity index is 337. The molecule has 0 saturated heterocycles. The number of rotatable bonds is 1. The number of nitrogen functional groups attached to an aromatic ring is 1. The average molecular weight is 215 g/mol. The quantitative estimate of drug-likeness (QED) is 0.724. The van der Waals surface area contributed by atoms with Gasteiger partial charge >= 0.3 is 0 Å². The van der Waals surface area contributed by atoms with E-state index in [0.717, 1.165) is 11.3 Å². The Hall–Kier alpha value is -1.22. The zero-order valence-electron chi connectivity index (χ0n) is 8.57. The van der Waals surface area contributed by atoms with Crippen molar-refractivity contribution in [3.63, 3.8) is 0 Å². The van der Waals surface area contributed by atoms with Crippen LogP contribution in [0.1, 0.15) is 15.9 Å². The van der Waals surface area contributed by atoms with Crippen LogP contribution in [-0.4, -0.2) is 24.9 Å². The molecule has 3 nitrogen and oxygen atoms in total. The highest BCUT2D eigenvalue weighted by Gasteiger charge is 2.07. The minimum absolute atomic E-state index is 0. The van der Waals surface area contributed by atoms with Gasteiger partial charge in [0.25, 0.3) is 5.91 Å². The van der Waals surface area contributed by atoms with Crippen molar-refractivity contribution in [1.82, 2.24) is 4.90 Å². The highest BCUT2D eigenvalue weighted by Crippen LogP contribution is 2.13. The summed E-state index contributed by atoms with van der Waals surface area (Å²) in [6.07, 6.45) is 0. The van der Waals surface area contributed by atoms with Crippen molar-refractivity contribution in [2.24, 2.45) is 0 Å². The molecule has 78 valence electrons. The molecule has 0 bridgehead atoms. The fourth-order valence-corrected chi connectivity index (χ4v) is 1.07. The van der Waals surface area contributed by atoms with Crippen LogP contribution in [0.2, 0.25) is 0 Å². The van der Waals surface area contributed by atoms with E-state index in [1.54, 1.807) is 37.2 Å². The number of carbonyl (C=O) groups is 1. The molecule has 0 aromatic heterocycles. The molecule has 1 aromatic rings.